The average Bonchev–Trinajstić information content (AvgIpc) is 3.44. The van der Waals surface area contributed by atoms with E-state index in [4.69, 9.17) is 9.26 Å². The van der Waals surface area contributed by atoms with Crippen LogP contribution in [0.3, 0.4) is 0 Å². The molecule has 2 aromatic rings. The lowest BCUT2D eigenvalue weighted by atomic mass is 10.1. The maximum atomic E-state index is 12.5. The number of nitrogens with one attached hydrogen (secondary N) is 1. The van der Waals surface area contributed by atoms with Crippen LogP contribution in [0.15, 0.2) is 33.8 Å². The Morgan fingerprint density at radius 3 is 2.85 bits per heavy atom. The predicted octanol–water partition coefficient (Wildman–Crippen LogP) is 2.80. The molecule has 174 valence electrons. The van der Waals surface area contributed by atoms with Crippen molar-refractivity contribution in [3.63, 3.8) is 0 Å². The van der Waals surface area contributed by atoms with Crippen LogP contribution in [-0.2, 0) is 27.4 Å². The number of hydrogen-bond acceptors (Lipinski definition) is 9. The molecule has 1 saturated heterocycles. The molecule has 1 aromatic heterocycles. The Bertz CT molecular complexity index is 1060. The van der Waals surface area contributed by atoms with E-state index in [1.807, 2.05) is 6.92 Å². The number of aromatic nitrogens is 2. The summed E-state index contributed by atoms with van der Waals surface area (Å²) >= 11 is 1.35. The van der Waals surface area contributed by atoms with E-state index in [-0.39, 0.29) is 36.3 Å². The zero-order chi connectivity index (χ0) is 23.2. The van der Waals surface area contributed by atoms with Gasteiger partial charge in [-0.05, 0) is 37.5 Å². The smallest absolute Gasteiger partial charge is 0.338 e. The van der Waals surface area contributed by atoms with Crippen molar-refractivity contribution in [3.8, 4) is 0 Å². The van der Waals surface area contributed by atoms with Crippen molar-refractivity contribution in [2.24, 2.45) is 4.99 Å². The number of carbonyl (C=O) groups is 3. The first-order chi connectivity index (χ1) is 16.0. The van der Waals surface area contributed by atoms with Crippen LogP contribution in [0.4, 0.5) is 5.69 Å². The number of nitrogens with zero attached hydrogens (tertiary/aromatic N) is 4. The van der Waals surface area contributed by atoms with Crippen LogP contribution in [0.2, 0.25) is 0 Å². The molecular weight excluding hydrogens is 446 g/mol. The fourth-order valence-corrected chi connectivity index (χ4v) is 4.65. The minimum Gasteiger partial charge on any atom is -0.452 e. The van der Waals surface area contributed by atoms with E-state index in [0.29, 0.717) is 17.9 Å². The third kappa shape index (κ3) is 5.98. The number of rotatable bonds is 7. The molecule has 4 rings (SSSR count). The van der Waals surface area contributed by atoms with E-state index in [9.17, 15) is 14.4 Å². The first kappa shape index (κ1) is 23.0. The van der Waals surface area contributed by atoms with Gasteiger partial charge >= 0.3 is 5.97 Å². The molecule has 1 atom stereocenters. The summed E-state index contributed by atoms with van der Waals surface area (Å²) in [4.78, 5) is 47.5. The zero-order valence-electron chi connectivity index (χ0n) is 18.3. The van der Waals surface area contributed by atoms with E-state index in [2.05, 4.69) is 25.3 Å². The molecule has 2 aliphatic rings. The van der Waals surface area contributed by atoms with Gasteiger partial charge in [0.05, 0.1) is 5.56 Å². The molecular formula is C22H25N5O5S. The number of carbonyl (C=O) groups excluding carboxylic acids is 3. The summed E-state index contributed by atoms with van der Waals surface area (Å²) in [6.45, 7) is 3.55. The summed E-state index contributed by atoms with van der Waals surface area (Å²) in [5, 5.41) is 6.68. The molecule has 2 amide bonds. The van der Waals surface area contributed by atoms with Crippen LogP contribution in [0, 0.1) is 0 Å². The molecule has 0 radical (unpaired) electrons. The zero-order valence-corrected chi connectivity index (χ0v) is 19.1. The van der Waals surface area contributed by atoms with Crippen molar-refractivity contribution in [1.29, 1.82) is 0 Å². The van der Waals surface area contributed by atoms with Crippen LogP contribution >= 0.6 is 11.8 Å². The van der Waals surface area contributed by atoms with Gasteiger partial charge in [-0.2, -0.15) is 9.98 Å². The number of amides is 2. The second kappa shape index (κ2) is 10.6. The Kier molecular flexibility index (Phi) is 7.38. The molecule has 10 nitrogen and oxygen atoms in total. The Balaban J connectivity index is 1.28. The lowest BCUT2D eigenvalue weighted by molar-refractivity contribution is -0.121. The second-order valence-corrected chi connectivity index (χ2v) is 8.92. The van der Waals surface area contributed by atoms with Crippen molar-refractivity contribution in [2.75, 3.05) is 18.4 Å². The number of esters is 1. The average molecular weight is 472 g/mol. The van der Waals surface area contributed by atoms with Gasteiger partial charge in [-0.15, -0.1) is 0 Å². The molecule has 0 aliphatic carbocycles. The van der Waals surface area contributed by atoms with Gasteiger partial charge in [-0.25, -0.2) is 4.79 Å². The highest BCUT2D eigenvalue weighted by Crippen LogP contribution is 2.29. The number of piperidine rings is 1. The molecule has 0 bridgehead atoms. The highest BCUT2D eigenvalue weighted by Gasteiger charge is 2.33. The van der Waals surface area contributed by atoms with E-state index in [0.717, 1.165) is 31.1 Å². The van der Waals surface area contributed by atoms with E-state index in [1.54, 1.807) is 18.2 Å². The minimum absolute atomic E-state index is 0.00986. The van der Waals surface area contributed by atoms with Gasteiger partial charge in [0.25, 0.3) is 11.8 Å². The quantitative estimate of drug-likeness (QED) is 0.606. The molecule has 2 aliphatic heterocycles. The van der Waals surface area contributed by atoms with E-state index >= 15 is 0 Å². The standard InChI is InChI=1S/C22H25N5O5S/c1-2-17-24-19(32-26-17)13-31-21(30)14-7-6-8-15(11-14)23-18(28)12-16-20(29)25-22(33-16)27-9-4-3-5-10-27/h6-8,11,16H,2-5,9-10,12-13H2,1H3,(H,23,28). The monoisotopic (exact) mass is 471 g/mol. The molecule has 1 N–H and O–H groups in total. The lowest BCUT2D eigenvalue weighted by Crippen LogP contribution is -2.33. The molecule has 0 spiro atoms. The van der Waals surface area contributed by atoms with Gasteiger partial charge in [-0.1, -0.05) is 29.9 Å². The van der Waals surface area contributed by atoms with Crippen LogP contribution in [0.5, 0.6) is 0 Å². The van der Waals surface area contributed by atoms with Crippen LogP contribution in [0.25, 0.3) is 0 Å². The summed E-state index contributed by atoms with van der Waals surface area (Å²) in [7, 11) is 0. The molecule has 1 fully saturated rings. The number of ether oxygens (including phenoxy) is 1. The third-order valence-electron chi connectivity index (χ3n) is 5.26. The SMILES string of the molecule is CCc1noc(COC(=O)c2cccc(NC(=O)CC3SC(N4CCCCC4)=NC3=O)c2)n1. The highest BCUT2D eigenvalue weighted by molar-refractivity contribution is 8.15. The van der Waals surface area contributed by atoms with Crippen molar-refractivity contribution >= 4 is 40.4 Å². The summed E-state index contributed by atoms with van der Waals surface area (Å²) in [6, 6.07) is 6.41. The van der Waals surface area contributed by atoms with E-state index in [1.165, 1.54) is 24.2 Å². The Morgan fingerprint density at radius 1 is 1.27 bits per heavy atom. The third-order valence-corrected chi connectivity index (χ3v) is 6.47. The maximum Gasteiger partial charge on any atom is 0.338 e. The summed E-state index contributed by atoms with van der Waals surface area (Å²) in [5.74, 6) is -0.421. The molecule has 0 saturated carbocycles. The molecule has 3 heterocycles. The topological polar surface area (TPSA) is 127 Å². The fourth-order valence-electron chi connectivity index (χ4n) is 3.54. The number of aryl methyl sites for hydroxylation is 1. The molecule has 1 unspecified atom stereocenters. The lowest BCUT2D eigenvalue weighted by Gasteiger charge is -2.27. The Morgan fingerprint density at radius 2 is 2.09 bits per heavy atom. The maximum absolute atomic E-state index is 12.5. The normalized spacial score (nSPS) is 18.2. The Labute approximate surface area is 195 Å². The number of hydrogen-bond donors (Lipinski definition) is 1. The minimum atomic E-state index is -0.580. The first-order valence-electron chi connectivity index (χ1n) is 10.9. The van der Waals surface area contributed by atoms with Crippen molar-refractivity contribution < 1.29 is 23.6 Å². The molecule has 33 heavy (non-hydrogen) atoms. The van der Waals surface area contributed by atoms with Gasteiger partial charge in [0, 0.05) is 31.6 Å². The van der Waals surface area contributed by atoms with E-state index < -0.39 is 11.2 Å². The van der Waals surface area contributed by atoms with Gasteiger partial charge in [0.1, 0.15) is 5.25 Å². The van der Waals surface area contributed by atoms with Crippen molar-refractivity contribution in [3.05, 3.63) is 41.5 Å². The molecule has 11 heteroatoms. The number of aliphatic imine (C=N–C) groups is 1. The molecule has 1 aromatic carbocycles. The number of anilines is 1. The number of likely N-dealkylation sites (tertiary alicyclic amines) is 1. The van der Waals surface area contributed by atoms with Crippen LogP contribution < -0.4 is 5.32 Å². The number of thioether (sulfide) groups is 1. The fraction of sp³-hybridized carbons (Fsp3) is 0.455. The van der Waals surface area contributed by atoms with Gasteiger partial charge < -0.3 is 19.5 Å². The summed E-state index contributed by atoms with van der Waals surface area (Å²) in [6.07, 6.45) is 4.00. The summed E-state index contributed by atoms with van der Waals surface area (Å²) in [5.41, 5.74) is 0.707. The van der Waals surface area contributed by atoms with Crippen molar-refractivity contribution in [1.82, 2.24) is 15.0 Å². The van der Waals surface area contributed by atoms with Crippen molar-refractivity contribution in [2.45, 2.75) is 50.9 Å². The van der Waals surface area contributed by atoms with Crippen LogP contribution in [0.1, 0.15) is 54.7 Å². The van der Waals surface area contributed by atoms with Gasteiger partial charge in [0.2, 0.25) is 5.91 Å². The van der Waals surface area contributed by atoms with Crippen LogP contribution in [-0.4, -0.2) is 56.3 Å². The summed E-state index contributed by atoms with van der Waals surface area (Å²) < 4.78 is 10.2. The first-order valence-corrected chi connectivity index (χ1v) is 11.8. The number of amidine groups is 1. The predicted molar refractivity (Wildman–Crippen MR) is 122 cm³/mol. The Hall–Kier alpha value is -3.21. The number of benzene rings is 1. The second-order valence-electron chi connectivity index (χ2n) is 7.75. The van der Waals surface area contributed by atoms with Gasteiger partial charge in [0.15, 0.2) is 17.6 Å². The largest absolute Gasteiger partial charge is 0.452 e. The van der Waals surface area contributed by atoms with Gasteiger partial charge in [-0.3, -0.25) is 9.59 Å². The highest BCUT2D eigenvalue weighted by atomic mass is 32.2.